The van der Waals surface area contributed by atoms with Crippen molar-refractivity contribution in [2.24, 2.45) is 10.8 Å². The number of ketones is 1. The van der Waals surface area contributed by atoms with Gasteiger partial charge in [-0.05, 0) is 13.1 Å². The Kier molecular flexibility index (Phi) is 4.16. The Hall–Kier alpha value is -2.60. The van der Waals surface area contributed by atoms with E-state index in [-0.39, 0.29) is 11.6 Å². The van der Waals surface area contributed by atoms with E-state index in [1.54, 1.807) is 0 Å². The number of piperazine rings is 1. The summed E-state index contributed by atoms with van der Waals surface area (Å²) in [7, 11) is 2.12. The predicted molar refractivity (Wildman–Crippen MR) is 91.7 cm³/mol. The number of nitrogens with two attached hydrogens (primary N) is 1. The van der Waals surface area contributed by atoms with E-state index in [0.717, 1.165) is 37.4 Å². The van der Waals surface area contributed by atoms with Crippen LogP contribution in [0.4, 0.5) is 0 Å². The minimum Gasteiger partial charge on any atom is -0.385 e. The molecule has 3 N–H and O–H groups in total. The van der Waals surface area contributed by atoms with Crippen molar-refractivity contribution >= 4 is 17.2 Å². The summed E-state index contributed by atoms with van der Waals surface area (Å²) in [6, 6.07) is 7.66. The Balaban J connectivity index is 2.00. The first kappa shape index (κ1) is 15.3. The Morgan fingerprint density at radius 1 is 1.22 bits per heavy atom. The normalized spacial score (nSPS) is 20.2. The van der Waals surface area contributed by atoms with Gasteiger partial charge in [-0.2, -0.15) is 5.10 Å². The van der Waals surface area contributed by atoms with Crippen LogP contribution in [0.25, 0.3) is 5.70 Å². The van der Waals surface area contributed by atoms with Crippen molar-refractivity contribution in [2.45, 2.75) is 0 Å². The van der Waals surface area contributed by atoms with Gasteiger partial charge in [0.25, 0.3) is 0 Å². The van der Waals surface area contributed by atoms with Crippen LogP contribution < -0.4 is 11.2 Å². The van der Waals surface area contributed by atoms with Gasteiger partial charge in [0, 0.05) is 43.0 Å². The molecule has 1 fully saturated rings. The lowest BCUT2D eigenvalue weighted by Crippen LogP contribution is -2.44. The summed E-state index contributed by atoms with van der Waals surface area (Å²) in [6.07, 6.45) is 1.84. The van der Waals surface area contributed by atoms with Crippen LogP contribution in [-0.2, 0) is 0 Å². The van der Waals surface area contributed by atoms with Crippen molar-refractivity contribution in [3.8, 4) is 0 Å². The van der Waals surface area contributed by atoms with Crippen LogP contribution in [0.1, 0.15) is 15.9 Å². The summed E-state index contributed by atoms with van der Waals surface area (Å²) in [5, 5.41) is 4.10. The van der Waals surface area contributed by atoms with Gasteiger partial charge >= 0.3 is 0 Å². The summed E-state index contributed by atoms with van der Waals surface area (Å²) in [5.74, 6) is 0.103. The second kappa shape index (κ2) is 6.26. The van der Waals surface area contributed by atoms with E-state index in [0.29, 0.717) is 11.3 Å². The summed E-state index contributed by atoms with van der Waals surface area (Å²) in [5.41, 5.74) is 11.1. The maximum absolute atomic E-state index is 12.6. The number of nitrogens with one attached hydrogen (secondary N) is 1. The number of carbonyl (C=O) groups is 1. The molecule has 1 aliphatic heterocycles. The van der Waals surface area contributed by atoms with Gasteiger partial charge in [-0.1, -0.05) is 30.8 Å². The zero-order chi connectivity index (χ0) is 16.4. The average Bonchev–Trinajstić information content (AvgIpc) is 2.55. The molecule has 0 radical (unpaired) electrons. The van der Waals surface area contributed by atoms with Crippen molar-refractivity contribution in [3.05, 3.63) is 53.9 Å². The lowest BCUT2D eigenvalue weighted by Gasteiger charge is -2.37. The number of hydrogen-bond donors (Lipinski definition) is 2. The zero-order valence-electron chi connectivity index (χ0n) is 13.2. The van der Waals surface area contributed by atoms with E-state index in [2.05, 4.69) is 34.0 Å². The number of allylic oxidation sites excluding steroid dienone is 1. The Morgan fingerprint density at radius 2 is 1.87 bits per heavy atom. The third-order valence-corrected chi connectivity index (χ3v) is 4.12. The molecule has 0 unspecified atom stereocenters. The molecule has 3 rings (SSSR count). The van der Waals surface area contributed by atoms with Crippen molar-refractivity contribution < 1.29 is 4.79 Å². The van der Waals surface area contributed by atoms with E-state index in [1.165, 1.54) is 0 Å². The van der Waals surface area contributed by atoms with Gasteiger partial charge in [0.05, 0.1) is 0 Å². The van der Waals surface area contributed by atoms with Gasteiger partial charge in [0.15, 0.2) is 0 Å². The van der Waals surface area contributed by atoms with Crippen LogP contribution in [0.3, 0.4) is 0 Å². The predicted octanol–water partition coefficient (Wildman–Crippen LogP) is 0.847. The number of likely N-dealkylation sites (N-methyl/N-ethyl adjacent to an activating group) is 1. The van der Waals surface area contributed by atoms with Crippen LogP contribution in [0.2, 0.25) is 0 Å². The van der Waals surface area contributed by atoms with Gasteiger partial charge in [-0.15, -0.1) is 0 Å². The molecular formula is C17H21N5O. The Bertz CT molecular complexity index is 699. The van der Waals surface area contributed by atoms with Crippen LogP contribution >= 0.6 is 0 Å². The Labute approximate surface area is 135 Å². The van der Waals surface area contributed by atoms with Gasteiger partial charge in [0.1, 0.15) is 11.5 Å². The van der Waals surface area contributed by atoms with Crippen molar-refractivity contribution in [2.75, 3.05) is 33.2 Å². The molecule has 0 spiro atoms. The summed E-state index contributed by atoms with van der Waals surface area (Å²) >= 11 is 0. The van der Waals surface area contributed by atoms with Crippen LogP contribution in [0, 0.1) is 0 Å². The summed E-state index contributed by atoms with van der Waals surface area (Å²) < 4.78 is 0. The van der Waals surface area contributed by atoms with Crippen molar-refractivity contribution in [3.63, 3.8) is 0 Å². The smallest absolute Gasteiger partial charge is 0.213 e. The molecule has 1 saturated heterocycles. The molecule has 120 valence electrons. The fourth-order valence-corrected chi connectivity index (χ4v) is 2.84. The maximum Gasteiger partial charge on any atom is 0.213 e. The Morgan fingerprint density at radius 3 is 2.52 bits per heavy atom. The van der Waals surface area contributed by atoms with Gasteiger partial charge in [-0.3, -0.25) is 10.2 Å². The molecule has 1 aromatic rings. The van der Waals surface area contributed by atoms with Gasteiger partial charge < -0.3 is 15.5 Å². The van der Waals surface area contributed by atoms with Gasteiger partial charge in [-0.25, -0.2) is 0 Å². The highest BCUT2D eigenvalue weighted by atomic mass is 16.1. The largest absolute Gasteiger partial charge is 0.385 e. The number of rotatable bonds is 3. The topological polar surface area (TPSA) is 74.0 Å². The number of hydrazone groups is 1. The SMILES string of the molecule is C=C(N)N/N=C1\C=C(N2CCN(C)CC2)c2ccccc2C1=O. The first-order valence-corrected chi connectivity index (χ1v) is 7.63. The van der Waals surface area contributed by atoms with Crippen LogP contribution in [-0.4, -0.2) is 54.5 Å². The van der Waals surface area contributed by atoms with Crippen molar-refractivity contribution in [1.29, 1.82) is 0 Å². The van der Waals surface area contributed by atoms with Crippen molar-refractivity contribution in [1.82, 2.24) is 15.2 Å². The number of fused-ring (bicyclic) bond motifs is 1. The van der Waals surface area contributed by atoms with Crippen LogP contribution in [0.5, 0.6) is 0 Å². The molecule has 2 aliphatic rings. The second-order valence-electron chi connectivity index (χ2n) is 5.83. The molecule has 1 heterocycles. The number of hydrogen-bond acceptors (Lipinski definition) is 6. The molecule has 6 heteroatoms. The summed E-state index contributed by atoms with van der Waals surface area (Å²) in [6.45, 7) is 7.38. The molecule has 0 atom stereocenters. The molecular weight excluding hydrogens is 290 g/mol. The minimum atomic E-state index is -0.104. The lowest BCUT2D eigenvalue weighted by atomic mass is 9.91. The molecule has 0 saturated carbocycles. The molecule has 1 aliphatic carbocycles. The number of nitrogens with zero attached hydrogens (tertiary/aromatic N) is 3. The average molecular weight is 311 g/mol. The third kappa shape index (κ3) is 3.12. The fourth-order valence-electron chi connectivity index (χ4n) is 2.84. The summed E-state index contributed by atoms with van der Waals surface area (Å²) in [4.78, 5) is 17.2. The molecule has 1 aromatic carbocycles. The van der Waals surface area contributed by atoms with E-state index >= 15 is 0 Å². The third-order valence-electron chi connectivity index (χ3n) is 4.12. The number of Topliss-reactive ketones (excluding diaryl/α,β-unsaturated/α-hetero) is 1. The molecule has 23 heavy (non-hydrogen) atoms. The van der Waals surface area contributed by atoms with E-state index in [1.807, 2.05) is 30.3 Å². The molecule has 6 nitrogen and oxygen atoms in total. The molecule has 0 bridgehead atoms. The standard InChI is InChI=1S/C17H21N5O/c1-12(18)19-20-15-11-16(22-9-7-21(2)8-10-22)13-5-3-4-6-14(13)17(15)23/h3-6,11,19H,1,7-10,18H2,2H3/b20-15+. The minimum absolute atomic E-state index is 0.104. The van der Waals surface area contributed by atoms with Crippen LogP contribution in [0.15, 0.2) is 47.8 Å². The second-order valence-corrected chi connectivity index (χ2v) is 5.83. The van der Waals surface area contributed by atoms with E-state index in [4.69, 9.17) is 5.73 Å². The number of carbonyl (C=O) groups excluding carboxylic acids is 1. The highest BCUT2D eigenvalue weighted by Gasteiger charge is 2.28. The fraction of sp³-hybridized carbons (Fsp3) is 0.294. The zero-order valence-corrected chi connectivity index (χ0v) is 13.2. The highest BCUT2D eigenvalue weighted by Crippen LogP contribution is 2.28. The monoisotopic (exact) mass is 311 g/mol. The molecule has 0 aromatic heterocycles. The highest BCUT2D eigenvalue weighted by molar-refractivity contribution is 6.52. The molecule has 0 amide bonds. The van der Waals surface area contributed by atoms with E-state index in [9.17, 15) is 4.79 Å². The quantitative estimate of drug-likeness (QED) is 0.810. The number of benzene rings is 1. The maximum atomic E-state index is 12.6. The first-order chi connectivity index (χ1) is 11.1. The van der Waals surface area contributed by atoms with Gasteiger partial charge in [0.2, 0.25) is 5.78 Å². The first-order valence-electron chi connectivity index (χ1n) is 7.63. The van der Waals surface area contributed by atoms with E-state index < -0.39 is 0 Å². The lowest BCUT2D eigenvalue weighted by molar-refractivity contribution is 0.106.